The van der Waals surface area contributed by atoms with Gasteiger partial charge < -0.3 is 10.5 Å². The molecule has 0 aliphatic heterocycles. The van der Waals surface area contributed by atoms with E-state index in [0.717, 1.165) is 0 Å². The zero-order valence-electron chi connectivity index (χ0n) is 5.39. The van der Waals surface area contributed by atoms with Crippen LogP contribution in [0.4, 0.5) is 0 Å². The fourth-order valence-electron chi connectivity index (χ4n) is 0.383. The Morgan fingerprint density at radius 1 is 1.62 bits per heavy atom. The van der Waals surface area contributed by atoms with Crippen LogP contribution in [0.3, 0.4) is 0 Å². The van der Waals surface area contributed by atoms with Crippen molar-refractivity contribution in [1.29, 1.82) is 5.41 Å². The maximum Gasteiger partial charge on any atom is 0.0541 e. The molecule has 2 nitrogen and oxygen atoms in total. The zero-order chi connectivity index (χ0) is 6.57. The second kappa shape index (κ2) is 3.61. The van der Waals surface area contributed by atoms with Crippen molar-refractivity contribution in [2.24, 2.45) is 5.92 Å². The van der Waals surface area contributed by atoms with Crippen LogP contribution in [0, 0.1) is 11.3 Å². The lowest BCUT2D eigenvalue weighted by atomic mass is 10.0. The summed E-state index contributed by atoms with van der Waals surface area (Å²) >= 11 is 0. The van der Waals surface area contributed by atoms with Crippen LogP contribution >= 0.6 is 0 Å². The Morgan fingerprint density at radius 3 is 2.25 bits per heavy atom. The van der Waals surface area contributed by atoms with Gasteiger partial charge in [-0.15, -0.1) is 0 Å². The first-order valence-corrected chi connectivity index (χ1v) is 2.85. The van der Waals surface area contributed by atoms with Gasteiger partial charge in [-0.25, -0.2) is 0 Å². The fourth-order valence-corrected chi connectivity index (χ4v) is 0.383. The molecular formula is C6H13NO. The van der Waals surface area contributed by atoms with Crippen molar-refractivity contribution < 1.29 is 5.11 Å². The molecule has 0 aromatic heterocycles. The van der Waals surface area contributed by atoms with Gasteiger partial charge in [-0.3, -0.25) is 0 Å². The van der Waals surface area contributed by atoms with Crippen LogP contribution in [0.2, 0.25) is 0 Å². The largest absolute Gasteiger partial charge is 0.393 e. The summed E-state index contributed by atoms with van der Waals surface area (Å²) in [5, 5.41) is 15.5. The standard InChI is InChI=1S/C6H13NO/c1-5(3-4-7)6(2)8/h4-8H,3H2,1-2H3/t5?,6-/m1/s1. The van der Waals surface area contributed by atoms with Crippen molar-refractivity contribution in [2.45, 2.75) is 26.4 Å². The van der Waals surface area contributed by atoms with Gasteiger partial charge in [0.2, 0.25) is 0 Å². The number of hydrogen-bond acceptors (Lipinski definition) is 2. The van der Waals surface area contributed by atoms with Crippen LogP contribution in [0.25, 0.3) is 0 Å². The minimum Gasteiger partial charge on any atom is -0.393 e. The molecular weight excluding hydrogens is 102 g/mol. The number of hydrogen-bond donors (Lipinski definition) is 2. The van der Waals surface area contributed by atoms with Gasteiger partial charge in [0.05, 0.1) is 6.10 Å². The molecule has 0 amide bonds. The number of aliphatic hydroxyl groups excluding tert-OH is 1. The van der Waals surface area contributed by atoms with Crippen LogP contribution in [0.1, 0.15) is 20.3 Å². The van der Waals surface area contributed by atoms with E-state index in [1.165, 1.54) is 6.21 Å². The molecule has 48 valence electrons. The Labute approximate surface area is 50.0 Å². The van der Waals surface area contributed by atoms with Gasteiger partial charge in [-0.2, -0.15) is 0 Å². The SMILES string of the molecule is CC(CC=N)[C@@H](C)O. The minimum atomic E-state index is -0.281. The molecule has 8 heavy (non-hydrogen) atoms. The molecule has 0 bridgehead atoms. The highest BCUT2D eigenvalue weighted by Crippen LogP contribution is 2.03. The molecule has 0 aromatic carbocycles. The van der Waals surface area contributed by atoms with Gasteiger partial charge in [0, 0.05) is 0 Å². The molecule has 0 aliphatic carbocycles. The lowest BCUT2D eigenvalue weighted by Gasteiger charge is -2.09. The van der Waals surface area contributed by atoms with Crippen LogP contribution in [-0.2, 0) is 0 Å². The summed E-state index contributed by atoms with van der Waals surface area (Å²) in [6.45, 7) is 3.67. The van der Waals surface area contributed by atoms with Crippen molar-refractivity contribution in [3.05, 3.63) is 0 Å². The smallest absolute Gasteiger partial charge is 0.0541 e. The third-order valence-corrected chi connectivity index (χ3v) is 1.31. The van der Waals surface area contributed by atoms with Crippen molar-refractivity contribution in [3.8, 4) is 0 Å². The Kier molecular flexibility index (Phi) is 3.44. The molecule has 0 saturated heterocycles. The second-order valence-corrected chi connectivity index (χ2v) is 2.16. The topological polar surface area (TPSA) is 44.1 Å². The molecule has 0 radical (unpaired) electrons. The van der Waals surface area contributed by atoms with Crippen LogP contribution in [-0.4, -0.2) is 17.4 Å². The summed E-state index contributed by atoms with van der Waals surface area (Å²) < 4.78 is 0. The summed E-state index contributed by atoms with van der Waals surface area (Å²) in [5.74, 6) is 0.229. The van der Waals surface area contributed by atoms with E-state index < -0.39 is 0 Å². The normalized spacial score (nSPS) is 17.4. The van der Waals surface area contributed by atoms with E-state index in [0.29, 0.717) is 6.42 Å². The van der Waals surface area contributed by atoms with Gasteiger partial charge in [0.25, 0.3) is 0 Å². The summed E-state index contributed by atoms with van der Waals surface area (Å²) in [7, 11) is 0. The van der Waals surface area contributed by atoms with E-state index in [2.05, 4.69) is 0 Å². The van der Waals surface area contributed by atoms with Gasteiger partial charge >= 0.3 is 0 Å². The first kappa shape index (κ1) is 7.63. The summed E-state index contributed by atoms with van der Waals surface area (Å²) in [6, 6.07) is 0. The zero-order valence-corrected chi connectivity index (χ0v) is 5.39. The predicted molar refractivity (Wildman–Crippen MR) is 34.2 cm³/mol. The molecule has 2 N–H and O–H groups in total. The lowest BCUT2D eigenvalue weighted by molar-refractivity contribution is 0.139. The molecule has 0 fully saturated rings. The molecule has 0 aromatic rings. The highest BCUT2D eigenvalue weighted by Gasteiger charge is 2.04. The number of rotatable bonds is 3. The maximum absolute atomic E-state index is 8.85. The molecule has 0 saturated carbocycles. The highest BCUT2D eigenvalue weighted by atomic mass is 16.3. The monoisotopic (exact) mass is 115 g/mol. The van der Waals surface area contributed by atoms with Crippen LogP contribution in [0.5, 0.6) is 0 Å². The minimum absolute atomic E-state index is 0.229. The highest BCUT2D eigenvalue weighted by molar-refractivity contribution is 5.53. The fraction of sp³-hybridized carbons (Fsp3) is 0.833. The average Bonchev–Trinajstić information content (AvgIpc) is 1.67. The molecule has 2 heteroatoms. The van der Waals surface area contributed by atoms with Crippen molar-refractivity contribution in [3.63, 3.8) is 0 Å². The van der Waals surface area contributed by atoms with E-state index in [4.69, 9.17) is 10.5 Å². The van der Waals surface area contributed by atoms with Crippen molar-refractivity contribution >= 4 is 6.21 Å². The Morgan fingerprint density at radius 2 is 2.12 bits per heavy atom. The number of nitrogens with one attached hydrogen (secondary N) is 1. The van der Waals surface area contributed by atoms with E-state index in [-0.39, 0.29) is 12.0 Å². The van der Waals surface area contributed by atoms with Gasteiger partial charge in [0.1, 0.15) is 0 Å². The first-order valence-electron chi connectivity index (χ1n) is 2.85. The second-order valence-electron chi connectivity index (χ2n) is 2.16. The predicted octanol–water partition coefficient (Wildman–Crippen LogP) is 1.04. The Hall–Kier alpha value is -0.370. The third-order valence-electron chi connectivity index (χ3n) is 1.31. The molecule has 1 unspecified atom stereocenters. The Bertz CT molecular complexity index is 70.9. The van der Waals surface area contributed by atoms with E-state index in [1.807, 2.05) is 6.92 Å². The summed E-state index contributed by atoms with van der Waals surface area (Å²) in [5.41, 5.74) is 0. The van der Waals surface area contributed by atoms with E-state index in [1.54, 1.807) is 6.92 Å². The summed E-state index contributed by atoms with van der Waals surface area (Å²) in [6.07, 6.45) is 1.73. The quantitative estimate of drug-likeness (QED) is 0.530. The van der Waals surface area contributed by atoms with Gasteiger partial charge in [-0.05, 0) is 25.5 Å². The van der Waals surface area contributed by atoms with Gasteiger partial charge in [0.15, 0.2) is 0 Å². The average molecular weight is 115 g/mol. The lowest BCUT2D eigenvalue weighted by Crippen LogP contribution is -2.12. The van der Waals surface area contributed by atoms with Crippen molar-refractivity contribution in [1.82, 2.24) is 0 Å². The van der Waals surface area contributed by atoms with E-state index >= 15 is 0 Å². The van der Waals surface area contributed by atoms with Crippen LogP contribution < -0.4 is 0 Å². The summed E-state index contributed by atoms with van der Waals surface area (Å²) in [4.78, 5) is 0. The van der Waals surface area contributed by atoms with Crippen LogP contribution in [0.15, 0.2) is 0 Å². The maximum atomic E-state index is 8.85. The third kappa shape index (κ3) is 2.75. The first-order chi connectivity index (χ1) is 3.68. The molecule has 0 aliphatic rings. The van der Waals surface area contributed by atoms with Gasteiger partial charge in [-0.1, -0.05) is 6.92 Å². The molecule has 2 atom stereocenters. The Balaban J connectivity index is 3.30. The molecule has 0 heterocycles. The number of aliphatic hydroxyl groups is 1. The van der Waals surface area contributed by atoms with E-state index in [9.17, 15) is 0 Å². The van der Waals surface area contributed by atoms with Crippen molar-refractivity contribution in [2.75, 3.05) is 0 Å². The molecule has 0 rings (SSSR count). The molecule has 0 spiro atoms.